The van der Waals surface area contributed by atoms with E-state index >= 15 is 0 Å². The first-order valence-electron chi connectivity index (χ1n) is 8.75. The molecule has 0 saturated heterocycles. The van der Waals surface area contributed by atoms with E-state index in [0.717, 1.165) is 55.9 Å². The fourth-order valence-electron chi connectivity index (χ4n) is 3.26. The quantitative estimate of drug-likeness (QED) is 0.909. The van der Waals surface area contributed by atoms with Crippen LogP contribution in [0, 0.1) is 5.92 Å². The van der Waals surface area contributed by atoms with Crippen LogP contribution in [0.3, 0.4) is 0 Å². The maximum Gasteiger partial charge on any atom is 0.253 e. The molecule has 0 radical (unpaired) electrons. The van der Waals surface area contributed by atoms with Gasteiger partial charge in [-0.25, -0.2) is 9.97 Å². The van der Waals surface area contributed by atoms with Gasteiger partial charge in [0.15, 0.2) is 0 Å². The van der Waals surface area contributed by atoms with Gasteiger partial charge in [0.05, 0.1) is 18.8 Å². The lowest BCUT2D eigenvalue weighted by molar-refractivity contribution is 0.256. The molecule has 0 amide bonds. The minimum atomic E-state index is 0.0612. The summed E-state index contributed by atoms with van der Waals surface area (Å²) in [5.41, 5.74) is 0.844. The van der Waals surface area contributed by atoms with Crippen LogP contribution in [-0.2, 0) is 19.6 Å². The highest BCUT2D eigenvalue weighted by atomic mass is 16.1. The number of fused-ring (bicyclic) bond motifs is 1. The van der Waals surface area contributed by atoms with E-state index in [9.17, 15) is 4.79 Å². The van der Waals surface area contributed by atoms with Gasteiger partial charge in [0.1, 0.15) is 11.6 Å². The standard InChI is InChI=1S/C18H23N5O/c24-18-10-15(11-20-16-4-1-2-7-19-16)21-17-13-22(12-14-5-6-14)8-3-9-23(17)18/h1-2,4,7,10,14H,3,5-6,8-9,11-13H2,(H,19,20). The molecule has 0 unspecified atom stereocenters. The topological polar surface area (TPSA) is 63.1 Å². The van der Waals surface area contributed by atoms with E-state index < -0.39 is 0 Å². The normalized spacial score (nSPS) is 18.0. The van der Waals surface area contributed by atoms with Crippen molar-refractivity contribution in [3.63, 3.8) is 0 Å². The number of nitrogens with zero attached hydrogens (tertiary/aromatic N) is 4. The lowest BCUT2D eigenvalue weighted by Gasteiger charge is -2.19. The third-order valence-electron chi connectivity index (χ3n) is 4.69. The molecule has 1 aliphatic heterocycles. The molecule has 6 nitrogen and oxygen atoms in total. The van der Waals surface area contributed by atoms with Gasteiger partial charge < -0.3 is 5.32 Å². The average Bonchev–Trinajstić information content (AvgIpc) is 3.41. The third-order valence-corrected chi connectivity index (χ3v) is 4.69. The van der Waals surface area contributed by atoms with Gasteiger partial charge in [-0.3, -0.25) is 14.3 Å². The van der Waals surface area contributed by atoms with Crippen molar-refractivity contribution in [1.82, 2.24) is 19.4 Å². The summed E-state index contributed by atoms with van der Waals surface area (Å²) in [5.74, 6) is 2.56. The van der Waals surface area contributed by atoms with Crippen molar-refractivity contribution < 1.29 is 0 Å². The summed E-state index contributed by atoms with van der Waals surface area (Å²) in [6.07, 6.45) is 5.47. The Morgan fingerprint density at radius 1 is 1.25 bits per heavy atom. The summed E-state index contributed by atoms with van der Waals surface area (Å²) in [6, 6.07) is 7.38. The van der Waals surface area contributed by atoms with E-state index in [4.69, 9.17) is 4.98 Å². The number of hydrogen-bond donors (Lipinski definition) is 1. The molecule has 1 N–H and O–H groups in total. The molecule has 6 heteroatoms. The Balaban J connectivity index is 1.51. The molecule has 3 heterocycles. The zero-order valence-corrected chi connectivity index (χ0v) is 13.8. The molecule has 1 saturated carbocycles. The number of rotatable bonds is 5. The van der Waals surface area contributed by atoms with Crippen LogP contribution in [0.25, 0.3) is 0 Å². The first-order chi connectivity index (χ1) is 11.8. The monoisotopic (exact) mass is 325 g/mol. The second kappa shape index (κ2) is 6.73. The Labute approximate surface area is 141 Å². The highest BCUT2D eigenvalue weighted by Crippen LogP contribution is 2.30. The number of nitrogens with one attached hydrogen (secondary N) is 1. The van der Waals surface area contributed by atoms with Crippen molar-refractivity contribution >= 4 is 5.82 Å². The molecular formula is C18H23N5O. The van der Waals surface area contributed by atoms with E-state index in [-0.39, 0.29) is 5.56 Å². The van der Waals surface area contributed by atoms with E-state index in [2.05, 4.69) is 15.2 Å². The predicted molar refractivity (Wildman–Crippen MR) is 92.7 cm³/mol. The first kappa shape index (κ1) is 15.3. The minimum Gasteiger partial charge on any atom is -0.364 e. The zero-order chi connectivity index (χ0) is 16.4. The molecule has 126 valence electrons. The van der Waals surface area contributed by atoms with Crippen LogP contribution in [0.1, 0.15) is 30.8 Å². The van der Waals surface area contributed by atoms with E-state index in [0.29, 0.717) is 6.54 Å². The number of pyridine rings is 1. The van der Waals surface area contributed by atoms with Crippen LogP contribution in [0.4, 0.5) is 5.82 Å². The molecule has 1 fully saturated rings. The predicted octanol–water partition coefficient (Wildman–Crippen LogP) is 1.87. The van der Waals surface area contributed by atoms with Crippen molar-refractivity contribution in [2.24, 2.45) is 5.92 Å². The summed E-state index contributed by atoms with van der Waals surface area (Å²) in [7, 11) is 0. The van der Waals surface area contributed by atoms with Gasteiger partial charge in [-0.05, 0) is 37.3 Å². The van der Waals surface area contributed by atoms with Crippen LogP contribution in [0.15, 0.2) is 35.3 Å². The van der Waals surface area contributed by atoms with Crippen molar-refractivity contribution in [3.05, 3.63) is 52.3 Å². The molecule has 1 aliphatic carbocycles. The van der Waals surface area contributed by atoms with E-state index in [1.165, 1.54) is 12.8 Å². The SMILES string of the molecule is O=c1cc(CNc2ccccn2)nc2n1CCCN(CC1CC1)C2. The molecule has 0 spiro atoms. The molecule has 4 rings (SSSR count). The molecule has 2 aliphatic rings. The molecule has 0 bridgehead atoms. The van der Waals surface area contributed by atoms with Gasteiger partial charge >= 0.3 is 0 Å². The summed E-state index contributed by atoms with van der Waals surface area (Å²) in [4.78, 5) is 23.9. The molecular weight excluding hydrogens is 302 g/mol. The summed E-state index contributed by atoms with van der Waals surface area (Å²) < 4.78 is 1.84. The van der Waals surface area contributed by atoms with Crippen molar-refractivity contribution in [2.45, 2.75) is 38.9 Å². The van der Waals surface area contributed by atoms with Crippen molar-refractivity contribution in [2.75, 3.05) is 18.4 Å². The minimum absolute atomic E-state index is 0.0612. The van der Waals surface area contributed by atoms with Crippen LogP contribution in [0.2, 0.25) is 0 Å². The Kier molecular flexibility index (Phi) is 4.30. The van der Waals surface area contributed by atoms with Gasteiger partial charge in [-0.1, -0.05) is 6.07 Å². The number of hydrogen-bond acceptors (Lipinski definition) is 5. The fourth-order valence-corrected chi connectivity index (χ4v) is 3.26. The molecule has 24 heavy (non-hydrogen) atoms. The lowest BCUT2D eigenvalue weighted by Crippen LogP contribution is -2.29. The molecule has 2 aromatic rings. The highest BCUT2D eigenvalue weighted by Gasteiger charge is 2.26. The van der Waals surface area contributed by atoms with E-state index in [1.807, 2.05) is 22.8 Å². The second-order valence-electron chi connectivity index (χ2n) is 6.75. The van der Waals surface area contributed by atoms with Crippen molar-refractivity contribution in [1.29, 1.82) is 0 Å². The maximum atomic E-state index is 12.5. The number of anilines is 1. The summed E-state index contributed by atoms with van der Waals surface area (Å²) >= 11 is 0. The van der Waals surface area contributed by atoms with Crippen LogP contribution < -0.4 is 10.9 Å². The molecule has 0 atom stereocenters. The largest absolute Gasteiger partial charge is 0.364 e. The maximum absolute atomic E-state index is 12.5. The third kappa shape index (κ3) is 3.64. The zero-order valence-electron chi connectivity index (χ0n) is 13.8. The Hall–Kier alpha value is -2.21. The van der Waals surface area contributed by atoms with Crippen LogP contribution in [0.5, 0.6) is 0 Å². The molecule has 0 aromatic carbocycles. The van der Waals surface area contributed by atoms with Crippen LogP contribution >= 0.6 is 0 Å². The van der Waals surface area contributed by atoms with Crippen LogP contribution in [-0.4, -0.2) is 32.5 Å². The van der Waals surface area contributed by atoms with Gasteiger partial charge in [0.25, 0.3) is 5.56 Å². The smallest absolute Gasteiger partial charge is 0.253 e. The Morgan fingerprint density at radius 3 is 2.96 bits per heavy atom. The Morgan fingerprint density at radius 2 is 2.17 bits per heavy atom. The summed E-state index contributed by atoms with van der Waals surface area (Å²) in [6.45, 7) is 4.27. The second-order valence-corrected chi connectivity index (χ2v) is 6.75. The van der Waals surface area contributed by atoms with Gasteiger partial charge in [0, 0.05) is 31.9 Å². The van der Waals surface area contributed by atoms with Gasteiger partial charge in [-0.2, -0.15) is 0 Å². The fraction of sp³-hybridized carbons (Fsp3) is 0.500. The number of aromatic nitrogens is 3. The average molecular weight is 325 g/mol. The Bertz CT molecular complexity index is 754. The molecule has 2 aromatic heterocycles. The highest BCUT2D eigenvalue weighted by molar-refractivity contribution is 5.33. The van der Waals surface area contributed by atoms with Gasteiger partial charge in [0.2, 0.25) is 0 Å². The van der Waals surface area contributed by atoms with Crippen molar-refractivity contribution in [3.8, 4) is 0 Å². The van der Waals surface area contributed by atoms with E-state index in [1.54, 1.807) is 12.3 Å². The lowest BCUT2D eigenvalue weighted by atomic mass is 10.3. The van der Waals surface area contributed by atoms with Gasteiger partial charge in [-0.15, -0.1) is 0 Å². The summed E-state index contributed by atoms with van der Waals surface area (Å²) in [5, 5.41) is 3.23. The first-order valence-corrected chi connectivity index (χ1v) is 8.75.